The quantitative estimate of drug-likeness (QED) is 0.859. The highest BCUT2D eigenvalue weighted by molar-refractivity contribution is 7.16. The second-order valence-corrected chi connectivity index (χ2v) is 6.52. The normalized spacial score (nSPS) is 26.3. The highest BCUT2D eigenvalue weighted by Gasteiger charge is 2.25. The molecule has 17 heavy (non-hydrogen) atoms. The molecule has 0 spiro atoms. The van der Waals surface area contributed by atoms with E-state index >= 15 is 0 Å². The third-order valence-electron chi connectivity index (χ3n) is 3.59. The van der Waals surface area contributed by atoms with Crippen molar-refractivity contribution in [3.8, 4) is 0 Å². The standard InChI is InChI=1S/C13H20ClNOS/c1-2-10(12-6-7-13(14)17-12)15-8-9-4-3-5-11(9)16/h6-7,9-11,15-16H,2-5,8H2,1H3. The maximum absolute atomic E-state index is 9.79. The molecule has 1 saturated carbocycles. The van der Waals surface area contributed by atoms with Gasteiger partial charge in [-0.25, -0.2) is 0 Å². The van der Waals surface area contributed by atoms with Crippen LogP contribution in [0, 0.1) is 5.92 Å². The molecule has 3 atom stereocenters. The van der Waals surface area contributed by atoms with Crippen molar-refractivity contribution < 1.29 is 5.11 Å². The average molecular weight is 274 g/mol. The van der Waals surface area contributed by atoms with Crippen LogP contribution in [0.2, 0.25) is 4.34 Å². The fraction of sp³-hybridized carbons (Fsp3) is 0.692. The van der Waals surface area contributed by atoms with E-state index in [9.17, 15) is 5.11 Å². The molecule has 1 heterocycles. The molecule has 1 fully saturated rings. The summed E-state index contributed by atoms with van der Waals surface area (Å²) in [6, 6.07) is 4.43. The summed E-state index contributed by atoms with van der Waals surface area (Å²) in [7, 11) is 0. The van der Waals surface area contributed by atoms with E-state index in [1.807, 2.05) is 6.07 Å². The number of hydrogen-bond donors (Lipinski definition) is 2. The molecule has 2 rings (SSSR count). The molecule has 0 aromatic carbocycles. The summed E-state index contributed by atoms with van der Waals surface area (Å²) in [5, 5.41) is 13.4. The van der Waals surface area contributed by atoms with Gasteiger partial charge in [-0.15, -0.1) is 11.3 Å². The number of aliphatic hydroxyl groups is 1. The first-order chi connectivity index (χ1) is 8.20. The topological polar surface area (TPSA) is 32.3 Å². The van der Waals surface area contributed by atoms with Gasteiger partial charge in [-0.1, -0.05) is 24.9 Å². The average Bonchev–Trinajstić information content (AvgIpc) is 2.90. The van der Waals surface area contributed by atoms with Gasteiger partial charge in [0.2, 0.25) is 0 Å². The summed E-state index contributed by atoms with van der Waals surface area (Å²) in [6.07, 6.45) is 4.23. The van der Waals surface area contributed by atoms with Gasteiger partial charge in [0, 0.05) is 17.5 Å². The highest BCUT2D eigenvalue weighted by atomic mass is 35.5. The van der Waals surface area contributed by atoms with E-state index in [2.05, 4.69) is 18.3 Å². The van der Waals surface area contributed by atoms with Crippen LogP contribution in [0.4, 0.5) is 0 Å². The lowest BCUT2D eigenvalue weighted by atomic mass is 10.1. The van der Waals surface area contributed by atoms with E-state index in [0.717, 1.165) is 36.6 Å². The van der Waals surface area contributed by atoms with Crippen LogP contribution in [0.5, 0.6) is 0 Å². The van der Waals surface area contributed by atoms with Crippen molar-refractivity contribution in [3.63, 3.8) is 0 Å². The van der Waals surface area contributed by atoms with Gasteiger partial charge in [0.25, 0.3) is 0 Å². The maximum atomic E-state index is 9.79. The van der Waals surface area contributed by atoms with Crippen molar-refractivity contribution in [1.82, 2.24) is 5.32 Å². The molecule has 1 aliphatic carbocycles. The van der Waals surface area contributed by atoms with Crippen LogP contribution in [0.25, 0.3) is 0 Å². The predicted molar refractivity (Wildman–Crippen MR) is 73.7 cm³/mol. The van der Waals surface area contributed by atoms with Gasteiger partial charge in [0.05, 0.1) is 10.4 Å². The van der Waals surface area contributed by atoms with E-state index in [1.54, 1.807) is 11.3 Å². The number of halogens is 1. The SMILES string of the molecule is CCC(NCC1CCCC1O)c1ccc(Cl)s1. The van der Waals surface area contributed by atoms with Gasteiger partial charge in [-0.3, -0.25) is 0 Å². The van der Waals surface area contributed by atoms with Crippen molar-refractivity contribution in [2.45, 2.75) is 44.8 Å². The molecule has 3 unspecified atom stereocenters. The Morgan fingerprint density at radius 1 is 1.53 bits per heavy atom. The van der Waals surface area contributed by atoms with Crippen LogP contribution in [0.1, 0.15) is 43.5 Å². The molecule has 1 aromatic heterocycles. The second kappa shape index (κ2) is 6.19. The molecule has 96 valence electrons. The van der Waals surface area contributed by atoms with Crippen LogP contribution in [-0.2, 0) is 0 Å². The molecular formula is C13H20ClNOS. The molecular weight excluding hydrogens is 254 g/mol. The largest absolute Gasteiger partial charge is 0.393 e. The smallest absolute Gasteiger partial charge is 0.0931 e. The predicted octanol–water partition coefficient (Wildman–Crippen LogP) is 3.60. The monoisotopic (exact) mass is 273 g/mol. The summed E-state index contributed by atoms with van der Waals surface area (Å²) in [4.78, 5) is 1.30. The Hall–Kier alpha value is -0.0900. The van der Waals surface area contributed by atoms with Crippen molar-refractivity contribution in [2.75, 3.05) is 6.54 Å². The number of rotatable bonds is 5. The van der Waals surface area contributed by atoms with Crippen LogP contribution < -0.4 is 5.32 Å². The molecule has 0 saturated heterocycles. The van der Waals surface area contributed by atoms with E-state index in [1.165, 1.54) is 4.88 Å². The molecule has 2 nitrogen and oxygen atoms in total. The van der Waals surface area contributed by atoms with Crippen LogP contribution in [0.15, 0.2) is 12.1 Å². The molecule has 0 bridgehead atoms. The minimum atomic E-state index is -0.105. The lowest BCUT2D eigenvalue weighted by Gasteiger charge is -2.20. The zero-order chi connectivity index (χ0) is 12.3. The molecule has 0 radical (unpaired) electrons. The Morgan fingerprint density at radius 3 is 2.88 bits per heavy atom. The number of aliphatic hydroxyl groups excluding tert-OH is 1. The van der Waals surface area contributed by atoms with Crippen molar-refractivity contribution in [2.24, 2.45) is 5.92 Å². The second-order valence-electron chi connectivity index (χ2n) is 4.77. The molecule has 4 heteroatoms. The van der Waals surface area contributed by atoms with Gasteiger partial charge in [0.15, 0.2) is 0 Å². The summed E-state index contributed by atoms with van der Waals surface area (Å²) in [6.45, 7) is 3.09. The third kappa shape index (κ3) is 3.44. The summed E-state index contributed by atoms with van der Waals surface area (Å²) in [5.41, 5.74) is 0. The van der Waals surface area contributed by atoms with Crippen LogP contribution in [0.3, 0.4) is 0 Å². The van der Waals surface area contributed by atoms with Gasteiger partial charge in [-0.05, 0) is 37.3 Å². The molecule has 1 aliphatic rings. The lowest BCUT2D eigenvalue weighted by Crippen LogP contribution is -2.30. The first-order valence-electron chi connectivity index (χ1n) is 6.37. The van der Waals surface area contributed by atoms with E-state index in [0.29, 0.717) is 12.0 Å². The Morgan fingerprint density at radius 2 is 2.35 bits per heavy atom. The Kier molecular flexibility index (Phi) is 4.86. The summed E-state index contributed by atoms with van der Waals surface area (Å²) in [5.74, 6) is 0.430. The van der Waals surface area contributed by atoms with Gasteiger partial charge < -0.3 is 10.4 Å². The lowest BCUT2D eigenvalue weighted by molar-refractivity contribution is 0.130. The number of nitrogens with one attached hydrogen (secondary N) is 1. The molecule has 0 amide bonds. The zero-order valence-corrected chi connectivity index (χ0v) is 11.7. The van der Waals surface area contributed by atoms with Gasteiger partial charge >= 0.3 is 0 Å². The summed E-state index contributed by atoms with van der Waals surface area (Å²) < 4.78 is 0.848. The maximum Gasteiger partial charge on any atom is 0.0931 e. The molecule has 2 N–H and O–H groups in total. The molecule has 1 aromatic rings. The summed E-state index contributed by atoms with van der Waals surface area (Å²) >= 11 is 7.61. The third-order valence-corrected chi connectivity index (χ3v) is 4.94. The Labute approximate surface area is 112 Å². The van der Waals surface area contributed by atoms with Crippen molar-refractivity contribution >= 4 is 22.9 Å². The fourth-order valence-electron chi connectivity index (χ4n) is 2.51. The van der Waals surface area contributed by atoms with E-state index < -0.39 is 0 Å². The first kappa shape index (κ1) is 13.3. The minimum Gasteiger partial charge on any atom is -0.393 e. The van der Waals surface area contributed by atoms with Crippen molar-refractivity contribution in [1.29, 1.82) is 0 Å². The molecule has 0 aliphatic heterocycles. The minimum absolute atomic E-state index is 0.105. The zero-order valence-electron chi connectivity index (χ0n) is 10.2. The fourth-order valence-corrected chi connectivity index (χ4v) is 3.73. The van der Waals surface area contributed by atoms with Crippen molar-refractivity contribution in [3.05, 3.63) is 21.3 Å². The number of hydrogen-bond acceptors (Lipinski definition) is 3. The highest BCUT2D eigenvalue weighted by Crippen LogP contribution is 2.30. The van der Waals surface area contributed by atoms with Crippen LogP contribution >= 0.6 is 22.9 Å². The number of thiophene rings is 1. The first-order valence-corrected chi connectivity index (χ1v) is 7.56. The van der Waals surface area contributed by atoms with E-state index in [-0.39, 0.29) is 6.10 Å². The van der Waals surface area contributed by atoms with E-state index in [4.69, 9.17) is 11.6 Å². The Balaban J connectivity index is 1.87. The van der Waals surface area contributed by atoms with Gasteiger partial charge in [-0.2, -0.15) is 0 Å². The Bertz CT molecular complexity index is 355. The van der Waals surface area contributed by atoms with Crippen LogP contribution in [-0.4, -0.2) is 17.8 Å². The van der Waals surface area contributed by atoms with Gasteiger partial charge in [0.1, 0.15) is 0 Å².